The van der Waals surface area contributed by atoms with E-state index < -0.39 is 0 Å². The first-order chi connectivity index (χ1) is 10.5. The first-order valence-corrected chi connectivity index (χ1v) is 8.32. The van der Waals surface area contributed by atoms with Crippen LogP contribution in [0, 0.1) is 0 Å². The van der Waals surface area contributed by atoms with Crippen molar-refractivity contribution in [1.29, 1.82) is 0 Å². The number of imide groups is 1. The molecule has 0 unspecified atom stereocenters. The molecule has 0 heterocycles. The van der Waals surface area contributed by atoms with Gasteiger partial charge in [0.2, 0.25) is 11.8 Å². The molecule has 22 heavy (non-hydrogen) atoms. The van der Waals surface area contributed by atoms with E-state index in [2.05, 4.69) is 15.9 Å². The van der Waals surface area contributed by atoms with Gasteiger partial charge in [0.05, 0.1) is 11.4 Å². The van der Waals surface area contributed by atoms with Crippen LogP contribution >= 0.6 is 27.7 Å². The second kappa shape index (κ2) is 7.47. The Morgan fingerprint density at radius 2 is 1.86 bits per heavy atom. The third kappa shape index (κ3) is 4.35. The molecule has 0 saturated carbocycles. The van der Waals surface area contributed by atoms with Crippen molar-refractivity contribution in [3.8, 4) is 0 Å². The van der Waals surface area contributed by atoms with Crippen LogP contribution in [0.25, 0.3) is 0 Å². The molecule has 0 bridgehead atoms. The molecule has 114 valence electrons. The summed E-state index contributed by atoms with van der Waals surface area (Å²) in [6.07, 6.45) is 0. The summed E-state index contributed by atoms with van der Waals surface area (Å²) in [7, 11) is 0. The first-order valence-electron chi connectivity index (χ1n) is 6.55. The van der Waals surface area contributed by atoms with E-state index in [1.54, 1.807) is 24.3 Å². The van der Waals surface area contributed by atoms with Gasteiger partial charge in [0.25, 0.3) is 0 Å². The Hall–Kier alpha value is -1.79. The fraction of sp³-hybridized carbons (Fsp3) is 0.125. The highest BCUT2D eigenvalue weighted by Gasteiger charge is 2.20. The molecule has 2 amide bonds. The van der Waals surface area contributed by atoms with E-state index in [-0.39, 0.29) is 17.6 Å². The fourth-order valence-corrected chi connectivity index (χ4v) is 2.92. The first kappa shape index (κ1) is 16.6. The Bertz CT molecular complexity index is 689. The van der Waals surface area contributed by atoms with Gasteiger partial charge in [-0.25, -0.2) is 0 Å². The number of carbonyl (C=O) groups excluding carboxylic acids is 2. The summed E-state index contributed by atoms with van der Waals surface area (Å²) in [5.74, 6) is -0.422. The summed E-state index contributed by atoms with van der Waals surface area (Å²) in [5.41, 5.74) is 6.72. The predicted molar refractivity (Wildman–Crippen MR) is 93.9 cm³/mol. The van der Waals surface area contributed by atoms with E-state index in [1.165, 1.54) is 18.7 Å². The van der Waals surface area contributed by atoms with Crippen LogP contribution in [-0.4, -0.2) is 17.6 Å². The van der Waals surface area contributed by atoms with Gasteiger partial charge < -0.3 is 5.73 Å². The van der Waals surface area contributed by atoms with Gasteiger partial charge in [-0.3, -0.25) is 14.5 Å². The molecule has 2 rings (SSSR count). The summed E-state index contributed by atoms with van der Waals surface area (Å²) in [6, 6.07) is 14.4. The summed E-state index contributed by atoms with van der Waals surface area (Å²) in [5, 5.41) is 0. The number of amides is 2. The molecule has 2 aromatic rings. The van der Waals surface area contributed by atoms with E-state index in [0.717, 1.165) is 14.3 Å². The van der Waals surface area contributed by atoms with Crippen LogP contribution < -0.4 is 10.6 Å². The number of carbonyl (C=O) groups is 2. The van der Waals surface area contributed by atoms with Crippen molar-refractivity contribution in [2.75, 3.05) is 16.4 Å². The number of nitrogens with two attached hydrogens (primary N) is 1. The number of nitrogen functional groups attached to an aromatic ring is 1. The minimum absolute atomic E-state index is 0.177. The second-order valence-electron chi connectivity index (χ2n) is 4.59. The maximum Gasteiger partial charge on any atom is 0.244 e. The van der Waals surface area contributed by atoms with Crippen LogP contribution in [0.2, 0.25) is 0 Å². The number of hydrogen-bond donors (Lipinski definition) is 1. The Kier molecular flexibility index (Phi) is 5.63. The lowest BCUT2D eigenvalue weighted by Crippen LogP contribution is -2.36. The van der Waals surface area contributed by atoms with Crippen LogP contribution in [0.3, 0.4) is 0 Å². The lowest BCUT2D eigenvalue weighted by molar-refractivity contribution is -0.124. The lowest BCUT2D eigenvalue weighted by Gasteiger charge is -2.19. The molecule has 0 fully saturated rings. The van der Waals surface area contributed by atoms with Gasteiger partial charge in [-0.15, -0.1) is 11.8 Å². The SMILES string of the molecule is CC(=O)N(C(=O)CSc1ccc(Br)cc1)c1cccc(N)c1. The molecule has 0 spiro atoms. The van der Waals surface area contributed by atoms with E-state index in [4.69, 9.17) is 5.73 Å². The van der Waals surface area contributed by atoms with Crippen molar-refractivity contribution in [3.05, 3.63) is 53.0 Å². The molecule has 2 aromatic carbocycles. The van der Waals surface area contributed by atoms with Crippen LogP contribution in [0.1, 0.15) is 6.92 Å². The van der Waals surface area contributed by atoms with Crippen molar-refractivity contribution in [2.24, 2.45) is 0 Å². The van der Waals surface area contributed by atoms with E-state index >= 15 is 0 Å². The molecule has 0 aromatic heterocycles. The normalized spacial score (nSPS) is 10.3. The highest BCUT2D eigenvalue weighted by Crippen LogP contribution is 2.23. The van der Waals surface area contributed by atoms with Gasteiger partial charge in [0.1, 0.15) is 0 Å². The Balaban J connectivity index is 2.10. The average molecular weight is 379 g/mol. The summed E-state index contributed by atoms with van der Waals surface area (Å²) in [4.78, 5) is 26.3. The summed E-state index contributed by atoms with van der Waals surface area (Å²) >= 11 is 4.75. The van der Waals surface area contributed by atoms with Gasteiger partial charge in [-0.1, -0.05) is 22.0 Å². The fourth-order valence-electron chi connectivity index (χ4n) is 1.91. The Labute approximate surface area is 141 Å². The third-order valence-electron chi connectivity index (χ3n) is 2.87. The van der Waals surface area contributed by atoms with Crippen LogP contribution in [-0.2, 0) is 9.59 Å². The third-order valence-corrected chi connectivity index (χ3v) is 4.39. The minimum atomic E-state index is -0.327. The molecule has 0 aliphatic rings. The zero-order chi connectivity index (χ0) is 16.1. The molecule has 6 heteroatoms. The smallest absolute Gasteiger partial charge is 0.244 e. The quantitative estimate of drug-likeness (QED) is 0.650. The highest BCUT2D eigenvalue weighted by atomic mass is 79.9. The van der Waals surface area contributed by atoms with E-state index in [9.17, 15) is 9.59 Å². The predicted octanol–water partition coefficient (Wildman–Crippen LogP) is 3.70. The molecule has 0 aliphatic carbocycles. The second-order valence-corrected chi connectivity index (χ2v) is 6.55. The number of anilines is 2. The number of nitrogens with zero attached hydrogens (tertiary/aromatic N) is 1. The Morgan fingerprint density at radius 1 is 1.18 bits per heavy atom. The molecular formula is C16H15BrN2O2S. The van der Waals surface area contributed by atoms with Gasteiger partial charge >= 0.3 is 0 Å². The number of hydrogen-bond acceptors (Lipinski definition) is 4. The minimum Gasteiger partial charge on any atom is -0.399 e. The standard InChI is InChI=1S/C16H15BrN2O2S/c1-11(20)19(14-4-2-3-13(18)9-14)16(21)10-22-15-7-5-12(17)6-8-15/h2-9H,10,18H2,1H3. The molecule has 2 N–H and O–H groups in total. The molecular weight excluding hydrogens is 364 g/mol. The number of thioether (sulfide) groups is 1. The van der Waals surface area contributed by atoms with E-state index in [0.29, 0.717) is 11.4 Å². The van der Waals surface area contributed by atoms with Crippen LogP contribution in [0.15, 0.2) is 57.9 Å². The molecule has 0 radical (unpaired) electrons. The van der Waals surface area contributed by atoms with E-state index in [1.807, 2.05) is 24.3 Å². The van der Waals surface area contributed by atoms with Gasteiger partial charge in [0, 0.05) is 22.0 Å². The van der Waals surface area contributed by atoms with Crippen molar-refractivity contribution in [3.63, 3.8) is 0 Å². The van der Waals surface area contributed by atoms with Crippen LogP contribution in [0.4, 0.5) is 11.4 Å². The van der Waals surface area contributed by atoms with Crippen molar-refractivity contribution in [1.82, 2.24) is 0 Å². The molecule has 4 nitrogen and oxygen atoms in total. The van der Waals surface area contributed by atoms with Gasteiger partial charge in [0.15, 0.2) is 0 Å². The maximum absolute atomic E-state index is 12.4. The average Bonchev–Trinajstić information content (AvgIpc) is 2.46. The number of rotatable bonds is 4. The van der Waals surface area contributed by atoms with Crippen molar-refractivity contribution < 1.29 is 9.59 Å². The van der Waals surface area contributed by atoms with Gasteiger partial charge in [-0.2, -0.15) is 0 Å². The Morgan fingerprint density at radius 3 is 2.45 bits per heavy atom. The van der Waals surface area contributed by atoms with Crippen LogP contribution in [0.5, 0.6) is 0 Å². The summed E-state index contributed by atoms with van der Waals surface area (Å²) < 4.78 is 0.980. The zero-order valence-electron chi connectivity index (χ0n) is 12.0. The molecule has 0 aliphatic heterocycles. The maximum atomic E-state index is 12.4. The zero-order valence-corrected chi connectivity index (χ0v) is 14.4. The number of benzene rings is 2. The van der Waals surface area contributed by atoms with Crippen molar-refractivity contribution in [2.45, 2.75) is 11.8 Å². The number of halogens is 1. The largest absolute Gasteiger partial charge is 0.399 e. The monoisotopic (exact) mass is 378 g/mol. The lowest BCUT2D eigenvalue weighted by atomic mass is 10.2. The molecule has 0 atom stereocenters. The highest BCUT2D eigenvalue weighted by molar-refractivity contribution is 9.10. The molecule has 0 saturated heterocycles. The summed E-state index contributed by atoms with van der Waals surface area (Å²) in [6.45, 7) is 1.37. The topological polar surface area (TPSA) is 63.4 Å². The van der Waals surface area contributed by atoms with Gasteiger partial charge in [-0.05, 0) is 42.5 Å². The van der Waals surface area contributed by atoms with Crippen molar-refractivity contribution >= 4 is 50.9 Å².